The van der Waals surface area contributed by atoms with E-state index >= 15 is 0 Å². The highest BCUT2D eigenvalue weighted by molar-refractivity contribution is 6.55. The van der Waals surface area contributed by atoms with Gasteiger partial charge in [-0.25, -0.2) is 0 Å². The van der Waals surface area contributed by atoms with Gasteiger partial charge in [0.2, 0.25) is 0 Å². The van der Waals surface area contributed by atoms with Crippen LogP contribution in [0.4, 0.5) is 0 Å². The smallest absolute Gasteiger partial charge is 0.492 e. The molecule has 1 aliphatic heterocycles. The first-order chi connectivity index (χ1) is 9.66. The van der Waals surface area contributed by atoms with Gasteiger partial charge in [-0.1, -0.05) is 23.7 Å². The zero-order valence-corrected chi connectivity index (χ0v) is 13.4. The van der Waals surface area contributed by atoms with Gasteiger partial charge in [0.1, 0.15) is 5.75 Å². The van der Waals surface area contributed by atoms with Gasteiger partial charge in [0, 0.05) is 0 Å². The van der Waals surface area contributed by atoms with E-state index in [2.05, 4.69) is 0 Å². The summed E-state index contributed by atoms with van der Waals surface area (Å²) in [7, 11) is -0.604. The van der Waals surface area contributed by atoms with Crippen molar-refractivity contribution in [2.24, 2.45) is 0 Å². The van der Waals surface area contributed by atoms with Gasteiger partial charge in [0.05, 0.1) is 22.8 Å². The average molecular weight is 311 g/mol. The first kappa shape index (κ1) is 16.4. The third-order valence-corrected chi connectivity index (χ3v) is 4.37. The van der Waals surface area contributed by atoms with Crippen LogP contribution in [0.2, 0.25) is 5.02 Å². The lowest BCUT2D eigenvalue weighted by atomic mass is 9.77. The molecule has 1 aromatic carbocycles. The van der Waals surface area contributed by atoms with Crippen molar-refractivity contribution < 1.29 is 19.5 Å². The van der Waals surface area contributed by atoms with Crippen molar-refractivity contribution in [3.63, 3.8) is 0 Å². The van der Waals surface area contributed by atoms with Gasteiger partial charge in [-0.05, 0) is 50.9 Å². The molecule has 1 aromatic rings. The molecule has 0 bridgehead atoms. The van der Waals surface area contributed by atoms with E-state index in [1.165, 1.54) is 6.07 Å². The molecule has 0 spiro atoms. The zero-order chi connectivity index (χ0) is 15.8. The lowest BCUT2D eigenvalue weighted by Gasteiger charge is -2.32. The van der Waals surface area contributed by atoms with Crippen LogP contribution in [0.15, 0.2) is 23.7 Å². The van der Waals surface area contributed by atoms with Crippen molar-refractivity contribution in [2.75, 3.05) is 6.61 Å². The first-order valence-electron chi connectivity index (χ1n) is 6.82. The quantitative estimate of drug-likeness (QED) is 0.843. The summed E-state index contributed by atoms with van der Waals surface area (Å²) in [6.45, 7) is 7.65. The fourth-order valence-corrected chi connectivity index (χ4v) is 2.20. The molecule has 1 fully saturated rings. The van der Waals surface area contributed by atoms with Gasteiger partial charge in [-0.2, -0.15) is 0 Å². The van der Waals surface area contributed by atoms with Crippen LogP contribution < -0.4 is 0 Å². The number of hydrogen-bond donors (Lipinski definition) is 2. The minimum Gasteiger partial charge on any atom is -0.506 e. The third kappa shape index (κ3) is 3.26. The van der Waals surface area contributed by atoms with Crippen molar-refractivity contribution >= 4 is 24.8 Å². The maximum Gasteiger partial charge on any atom is 0.492 e. The Morgan fingerprint density at radius 1 is 1.24 bits per heavy atom. The highest BCUT2D eigenvalue weighted by Gasteiger charge is 2.52. The fraction of sp³-hybridized carbons (Fsp3) is 0.467. The summed E-state index contributed by atoms with van der Waals surface area (Å²) in [5.74, 6) is 0.0231. The van der Waals surface area contributed by atoms with E-state index in [9.17, 15) is 10.2 Å². The molecule has 1 aliphatic rings. The molecule has 4 nitrogen and oxygen atoms in total. The molecule has 0 atom stereocenters. The average Bonchev–Trinajstić information content (AvgIpc) is 2.59. The highest BCUT2D eigenvalue weighted by atomic mass is 35.5. The maximum atomic E-state index is 9.60. The largest absolute Gasteiger partial charge is 0.506 e. The Morgan fingerprint density at radius 2 is 1.81 bits per heavy atom. The van der Waals surface area contributed by atoms with E-state index in [1.54, 1.807) is 18.2 Å². The second kappa shape index (κ2) is 5.65. The van der Waals surface area contributed by atoms with Crippen LogP contribution in [-0.2, 0) is 9.31 Å². The SMILES string of the molecule is CC1(C)OB(C(=Cc2ccc(O)c(Cl)c2)CO)OC1(C)C. The number of aliphatic hydroxyl groups excluding tert-OH is 1. The van der Waals surface area contributed by atoms with E-state index in [1.807, 2.05) is 27.7 Å². The van der Waals surface area contributed by atoms with Crippen LogP contribution in [0.5, 0.6) is 5.75 Å². The van der Waals surface area contributed by atoms with E-state index < -0.39 is 18.3 Å². The predicted molar refractivity (Wildman–Crippen MR) is 84.3 cm³/mol. The van der Waals surface area contributed by atoms with E-state index in [-0.39, 0.29) is 17.4 Å². The van der Waals surface area contributed by atoms with E-state index in [0.29, 0.717) is 5.47 Å². The maximum absolute atomic E-state index is 9.60. The van der Waals surface area contributed by atoms with Crippen molar-refractivity contribution in [2.45, 2.75) is 38.9 Å². The number of phenolic OH excluding ortho intramolecular Hbond substituents is 1. The summed E-state index contributed by atoms with van der Waals surface area (Å²) >= 11 is 5.89. The number of aliphatic hydroxyl groups is 1. The van der Waals surface area contributed by atoms with Crippen molar-refractivity contribution in [3.8, 4) is 5.75 Å². The Balaban J connectivity index is 2.28. The van der Waals surface area contributed by atoms with E-state index in [4.69, 9.17) is 20.9 Å². The summed E-state index contributed by atoms with van der Waals surface area (Å²) in [5, 5.41) is 19.3. The number of halogens is 1. The van der Waals surface area contributed by atoms with Crippen LogP contribution in [0, 0.1) is 0 Å². The molecule has 0 amide bonds. The van der Waals surface area contributed by atoms with Crippen LogP contribution >= 0.6 is 11.6 Å². The predicted octanol–water partition coefficient (Wildman–Crippen LogP) is 3.05. The van der Waals surface area contributed by atoms with Crippen molar-refractivity contribution in [3.05, 3.63) is 34.3 Å². The molecule has 0 aliphatic carbocycles. The van der Waals surface area contributed by atoms with Gasteiger partial charge >= 0.3 is 7.12 Å². The molecule has 0 saturated carbocycles. The topological polar surface area (TPSA) is 58.9 Å². The summed E-state index contributed by atoms with van der Waals surface area (Å²) in [6.07, 6.45) is 1.76. The first-order valence-corrected chi connectivity index (χ1v) is 7.19. The molecule has 0 unspecified atom stereocenters. The molecule has 21 heavy (non-hydrogen) atoms. The minimum absolute atomic E-state index is 0.0231. The number of benzene rings is 1. The minimum atomic E-state index is -0.604. The van der Waals surface area contributed by atoms with Crippen LogP contribution in [-0.4, -0.2) is 35.1 Å². The second-order valence-electron chi connectivity index (χ2n) is 6.18. The van der Waals surface area contributed by atoms with Crippen LogP contribution in [0.1, 0.15) is 33.3 Å². The summed E-state index contributed by atoms with van der Waals surface area (Å²) in [4.78, 5) is 0. The van der Waals surface area contributed by atoms with Crippen LogP contribution in [0.25, 0.3) is 6.08 Å². The van der Waals surface area contributed by atoms with Gasteiger partial charge in [-0.15, -0.1) is 0 Å². The molecule has 1 saturated heterocycles. The Labute approximate surface area is 130 Å². The lowest BCUT2D eigenvalue weighted by Crippen LogP contribution is -2.41. The number of phenols is 1. The highest BCUT2D eigenvalue weighted by Crippen LogP contribution is 2.38. The Bertz CT molecular complexity index is 553. The Morgan fingerprint density at radius 3 is 2.29 bits per heavy atom. The standard InChI is InChI=1S/C15H20BClO4/c1-14(2)15(3,4)21-16(20-14)11(9-18)7-10-5-6-13(19)12(17)8-10/h5-8,18-19H,9H2,1-4H3. The van der Waals surface area contributed by atoms with Crippen LogP contribution in [0.3, 0.4) is 0 Å². The Hall–Kier alpha value is -1.01. The molecule has 6 heteroatoms. The number of aromatic hydroxyl groups is 1. The summed E-state index contributed by atoms with van der Waals surface area (Å²) in [6, 6.07) is 4.84. The second-order valence-corrected chi connectivity index (χ2v) is 6.58. The Kier molecular flexibility index (Phi) is 4.40. The van der Waals surface area contributed by atoms with Gasteiger partial charge in [0.15, 0.2) is 0 Å². The number of hydrogen-bond acceptors (Lipinski definition) is 4. The molecule has 2 rings (SSSR count). The lowest BCUT2D eigenvalue weighted by molar-refractivity contribution is 0.00578. The third-order valence-electron chi connectivity index (χ3n) is 4.06. The monoisotopic (exact) mass is 310 g/mol. The van der Waals surface area contributed by atoms with Crippen molar-refractivity contribution in [1.29, 1.82) is 0 Å². The molecule has 114 valence electrons. The molecular formula is C15H20BClO4. The van der Waals surface area contributed by atoms with Crippen molar-refractivity contribution in [1.82, 2.24) is 0 Å². The molecular weight excluding hydrogens is 290 g/mol. The van der Waals surface area contributed by atoms with Gasteiger partial charge in [0.25, 0.3) is 0 Å². The van der Waals surface area contributed by atoms with Gasteiger partial charge in [-0.3, -0.25) is 0 Å². The number of rotatable bonds is 3. The molecule has 1 heterocycles. The van der Waals surface area contributed by atoms with Gasteiger partial charge < -0.3 is 19.5 Å². The molecule has 0 aromatic heterocycles. The molecule has 0 radical (unpaired) electrons. The fourth-order valence-electron chi connectivity index (χ4n) is 2.01. The zero-order valence-electron chi connectivity index (χ0n) is 12.7. The summed E-state index contributed by atoms with van der Waals surface area (Å²) < 4.78 is 11.8. The van der Waals surface area contributed by atoms with E-state index in [0.717, 1.165) is 5.56 Å². The normalized spacial score (nSPS) is 20.9. The summed E-state index contributed by atoms with van der Waals surface area (Å²) in [5.41, 5.74) is 0.448. The molecule has 2 N–H and O–H groups in total.